The van der Waals surface area contributed by atoms with Crippen LogP contribution in [-0.4, -0.2) is 65.4 Å². The van der Waals surface area contributed by atoms with Gasteiger partial charge in [-0.2, -0.15) is 0 Å². The molecule has 1 atom stereocenters. The number of rotatable bonds is 5. The number of thioether (sulfide) groups is 1. The summed E-state index contributed by atoms with van der Waals surface area (Å²) in [5.74, 6) is 1.58. The van der Waals surface area contributed by atoms with Crippen LogP contribution in [0.15, 0.2) is 47.1 Å². The van der Waals surface area contributed by atoms with Gasteiger partial charge < -0.3 is 24.3 Å². The molecule has 1 unspecified atom stereocenters. The van der Waals surface area contributed by atoms with Crippen molar-refractivity contribution in [2.45, 2.75) is 18.9 Å². The van der Waals surface area contributed by atoms with Gasteiger partial charge in [0, 0.05) is 30.4 Å². The maximum absolute atomic E-state index is 13.2. The van der Waals surface area contributed by atoms with Crippen molar-refractivity contribution in [2.24, 2.45) is 5.92 Å². The number of methoxy groups -OCH3 is 1. The Morgan fingerprint density at radius 3 is 2.52 bits per heavy atom. The summed E-state index contributed by atoms with van der Waals surface area (Å²) in [6.07, 6.45) is 2.64. The minimum Gasteiger partial charge on any atom is -0.497 e. The number of ether oxygens (including phenoxy) is 1. The number of piperidine rings is 1. The van der Waals surface area contributed by atoms with Crippen LogP contribution in [0.5, 0.6) is 5.75 Å². The quantitative estimate of drug-likeness (QED) is 0.764. The maximum Gasteiger partial charge on any atom is 0.289 e. The number of nitrogens with one attached hydrogen (secondary N) is 1. The summed E-state index contributed by atoms with van der Waals surface area (Å²) in [5, 5.41) is 2.90. The number of carbonyl (C=O) groups is 3. The Morgan fingerprint density at radius 1 is 1.13 bits per heavy atom. The van der Waals surface area contributed by atoms with Gasteiger partial charge in [0.15, 0.2) is 5.76 Å². The highest BCUT2D eigenvalue weighted by molar-refractivity contribution is 7.99. The van der Waals surface area contributed by atoms with Crippen molar-refractivity contribution >= 4 is 35.2 Å². The fraction of sp³-hybridized carbons (Fsp3) is 0.409. The number of amides is 3. The number of nitrogens with zero attached hydrogens (tertiary/aromatic N) is 2. The lowest BCUT2D eigenvalue weighted by atomic mass is 9.94. The van der Waals surface area contributed by atoms with E-state index in [9.17, 15) is 14.4 Å². The summed E-state index contributed by atoms with van der Waals surface area (Å²) < 4.78 is 10.3. The van der Waals surface area contributed by atoms with Crippen LogP contribution < -0.4 is 10.1 Å². The second-order valence-corrected chi connectivity index (χ2v) is 8.59. The van der Waals surface area contributed by atoms with E-state index in [2.05, 4.69) is 5.32 Å². The number of benzene rings is 1. The van der Waals surface area contributed by atoms with Gasteiger partial charge in [-0.3, -0.25) is 14.4 Å². The molecule has 4 rings (SSSR count). The number of carbonyl (C=O) groups excluding carboxylic acids is 3. The molecule has 0 aliphatic carbocycles. The van der Waals surface area contributed by atoms with Crippen LogP contribution in [0.25, 0.3) is 0 Å². The summed E-state index contributed by atoms with van der Waals surface area (Å²) in [6.45, 7) is 0.999. The Hall–Kier alpha value is -2.94. The monoisotopic (exact) mass is 443 g/mol. The lowest BCUT2D eigenvalue weighted by molar-refractivity contribution is -0.140. The van der Waals surface area contributed by atoms with Crippen molar-refractivity contribution in [3.8, 4) is 5.75 Å². The number of anilines is 1. The zero-order valence-corrected chi connectivity index (χ0v) is 18.1. The summed E-state index contributed by atoms with van der Waals surface area (Å²) >= 11 is 1.58. The van der Waals surface area contributed by atoms with E-state index in [-0.39, 0.29) is 23.6 Å². The number of likely N-dealkylation sites (tertiary alicyclic amines) is 1. The average Bonchev–Trinajstić information content (AvgIpc) is 3.51. The first-order valence-electron chi connectivity index (χ1n) is 10.2. The predicted octanol–water partition coefficient (Wildman–Crippen LogP) is 2.68. The fourth-order valence-electron chi connectivity index (χ4n) is 3.90. The third-order valence-electron chi connectivity index (χ3n) is 5.69. The predicted molar refractivity (Wildman–Crippen MR) is 117 cm³/mol. The lowest BCUT2D eigenvalue weighted by Crippen LogP contribution is -2.49. The molecule has 2 fully saturated rings. The number of furan rings is 1. The van der Waals surface area contributed by atoms with Crippen molar-refractivity contribution in [3.63, 3.8) is 0 Å². The van der Waals surface area contributed by atoms with E-state index in [1.165, 1.54) is 6.26 Å². The topological polar surface area (TPSA) is 92.1 Å². The molecule has 0 radical (unpaired) electrons. The molecule has 0 bridgehead atoms. The third kappa shape index (κ3) is 4.71. The first-order valence-corrected chi connectivity index (χ1v) is 11.4. The van der Waals surface area contributed by atoms with Gasteiger partial charge in [-0.15, -0.1) is 11.8 Å². The van der Waals surface area contributed by atoms with E-state index < -0.39 is 6.04 Å². The summed E-state index contributed by atoms with van der Waals surface area (Å²) in [4.78, 5) is 41.8. The van der Waals surface area contributed by atoms with Crippen molar-refractivity contribution in [1.82, 2.24) is 9.80 Å². The number of hydrogen-bond donors (Lipinski definition) is 1. The second-order valence-electron chi connectivity index (χ2n) is 7.59. The van der Waals surface area contributed by atoms with Crippen LogP contribution in [-0.2, 0) is 9.59 Å². The van der Waals surface area contributed by atoms with Gasteiger partial charge in [-0.1, -0.05) is 0 Å². The van der Waals surface area contributed by atoms with Crippen molar-refractivity contribution in [3.05, 3.63) is 48.4 Å². The fourth-order valence-corrected chi connectivity index (χ4v) is 5.06. The molecule has 9 heteroatoms. The maximum atomic E-state index is 13.2. The summed E-state index contributed by atoms with van der Waals surface area (Å²) in [6, 6.07) is 9.94. The molecule has 164 valence electrons. The van der Waals surface area contributed by atoms with E-state index in [1.807, 2.05) is 0 Å². The highest BCUT2D eigenvalue weighted by atomic mass is 32.2. The van der Waals surface area contributed by atoms with Gasteiger partial charge in [0.2, 0.25) is 11.8 Å². The standard InChI is InChI=1S/C22H25N3O5S/c1-29-17-6-4-16(5-7-17)23-20(26)18-13-31-14-25(18)21(27)15-8-10-24(11-9-15)22(28)19-3-2-12-30-19/h2-7,12,15,18H,8-11,13-14H2,1H3,(H,23,26). The van der Waals surface area contributed by atoms with Crippen LogP contribution in [0.4, 0.5) is 5.69 Å². The van der Waals surface area contributed by atoms with E-state index in [0.717, 1.165) is 0 Å². The molecule has 2 aliphatic heterocycles. The van der Waals surface area contributed by atoms with Crippen LogP contribution in [0.2, 0.25) is 0 Å². The molecule has 8 nitrogen and oxygen atoms in total. The molecule has 3 heterocycles. The molecule has 0 spiro atoms. The Labute approximate surface area is 184 Å². The Kier molecular flexibility index (Phi) is 6.50. The van der Waals surface area contributed by atoms with E-state index in [4.69, 9.17) is 9.15 Å². The van der Waals surface area contributed by atoms with E-state index >= 15 is 0 Å². The van der Waals surface area contributed by atoms with E-state index in [0.29, 0.717) is 54.8 Å². The van der Waals surface area contributed by atoms with Crippen LogP contribution >= 0.6 is 11.8 Å². The molecule has 3 amide bonds. The smallest absolute Gasteiger partial charge is 0.289 e. The number of hydrogen-bond acceptors (Lipinski definition) is 6. The Morgan fingerprint density at radius 2 is 1.87 bits per heavy atom. The van der Waals surface area contributed by atoms with Crippen molar-refractivity contribution in [1.29, 1.82) is 0 Å². The molecule has 2 saturated heterocycles. The van der Waals surface area contributed by atoms with Crippen molar-refractivity contribution in [2.75, 3.05) is 37.1 Å². The van der Waals surface area contributed by atoms with Gasteiger partial charge in [0.25, 0.3) is 5.91 Å². The molecular weight excluding hydrogens is 418 g/mol. The highest BCUT2D eigenvalue weighted by Crippen LogP contribution is 2.28. The van der Waals surface area contributed by atoms with Crippen LogP contribution in [0.1, 0.15) is 23.4 Å². The minimum atomic E-state index is -0.498. The molecule has 2 aromatic rings. The largest absolute Gasteiger partial charge is 0.497 e. The van der Waals surface area contributed by atoms with Gasteiger partial charge in [0.1, 0.15) is 11.8 Å². The second kappa shape index (κ2) is 9.47. The summed E-state index contributed by atoms with van der Waals surface area (Å²) in [5.41, 5.74) is 0.667. The Bertz CT molecular complexity index is 923. The SMILES string of the molecule is COc1ccc(NC(=O)C2CSCN2C(=O)C2CCN(C(=O)c3ccco3)CC2)cc1. The molecule has 2 aliphatic rings. The van der Waals surface area contributed by atoms with Gasteiger partial charge in [-0.25, -0.2) is 0 Å². The van der Waals surface area contributed by atoms with Crippen LogP contribution in [0, 0.1) is 5.92 Å². The molecule has 1 N–H and O–H groups in total. The lowest BCUT2D eigenvalue weighted by Gasteiger charge is -2.34. The first kappa shape index (κ1) is 21.3. The molecule has 1 aromatic heterocycles. The Balaban J connectivity index is 1.33. The van der Waals surface area contributed by atoms with Gasteiger partial charge >= 0.3 is 0 Å². The van der Waals surface area contributed by atoms with E-state index in [1.54, 1.807) is 65.1 Å². The normalized spacial score (nSPS) is 19.3. The average molecular weight is 444 g/mol. The zero-order chi connectivity index (χ0) is 21.8. The first-order chi connectivity index (χ1) is 15.1. The zero-order valence-electron chi connectivity index (χ0n) is 17.3. The summed E-state index contributed by atoms with van der Waals surface area (Å²) in [7, 11) is 1.59. The van der Waals surface area contributed by atoms with Crippen LogP contribution in [0.3, 0.4) is 0 Å². The molecule has 1 aromatic carbocycles. The molecule has 0 saturated carbocycles. The van der Waals surface area contributed by atoms with Crippen molar-refractivity contribution < 1.29 is 23.5 Å². The molecular formula is C22H25N3O5S. The molecule has 31 heavy (non-hydrogen) atoms. The highest BCUT2D eigenvalue weighted by Gasteiger charge is 2.39. The van der Waals surface area contributed by atoms with Gasteiger partial charge in [-0.05, 0) is 49.2 Å². The third-order valence-corrected chi connectivity index (χ3v) is 6.70. The minimum absolute atomic E-state index is 0.00928. The van der Waals surface area contributed by atoms with Gasteiger partial charge in [0.05, 0.1) is 19.2 Å².